The minimum atomic E-state index is -1.49. The number of esters is 1. The molecule has 5 nitrogen and oxygen atoms in total. The lowest BCUT2D eigenvalue weighted by Crippen LogP contribution is -2.28. The van der Waals surface area contributed by atoms with E-state index in [9.17, 15) is 22.8 Å². The van der Waals surface area contributed by atoms with Gasteiger partial charge in [0, 0.05) is 6.07 Å². The van der Waals surface area contributed by atoms with Gasteiger partial charge in [-0.1, -0.05) is 0 Å². The molecule has 100 valence electrons. The first kappa shape index (κ1) is 14.6. The first-order valence-electron chi connectivity index (χ1n) is 5.00. The Bertz CT molecular complexity index is 595. The van der Waals surface area contributed by atoms with Crippen molar-refractivity contribution in [3.8, 4) is 0 Å². The van der Waals surface area contributed by atoms with Crippen molar-refractivity contribution in [1.82, 2.24) is 0 Å². The monoisotopic (exact) mass is 272 g/mol. The molecule has 0 atom stereocenters. The molecule has 0 radical (unpaired) electrons. The third kappa shape index (κ3) is 3.05. The number of hydrogen-bond acceptors (Lipinski definition) is 3. The number of hydrogen-bond donors (Lipinski definition) is 0. The van der Waals surface area contributed by atoms with Crippen LogP contribution in [-0.2, 0) is 9.53 Å². The molecule has 1 aromatic carbocycles. The quantitative estimate of drug-likeness (QED) is 0.158. The van der Waals surface area contributed by atoms with E-state index in [2.05, 4.69) is 9.53 Å². The second-order valence-corrected chi connectivity index (χ2v) is 3.24. The summed E-state index contributed by atoms with van der Waals surface area (Å²) >= 11 is 0. The molecule has 0 amide bonds. The highest BCUT2D eigenvalue weighted by atomic mass is 19.2. The Morgan fingerprint density at radius 1 is 1.21 bits per heavy atom. The summed E-state index contributed by atoms with van der Waals surface area (Å²) in [6.45, 7) is 1.31. The number of ether oxygens (including phenoxy) is 1. The van der Waals surface area contributed by atoms with Crippen molar-refractivity contribution in [1.29, 1.82) is 0 Å². The SMILES string of the molecule is CCOC(=O)C(=[N+]=[N-])C(=O)c1cc(F)c(F)cc1F. The topological polar surface area (TPSA) is 79.8 Å². The van der Waals surface area contributed by atoms with E-state index in [0.29, 0.717) is 0 Å². The van der Waals surface area contributed by atoms with Gasteiger partial charge in [-0.2, -0.15) is 4.79 Å². The molecule has 0 fully saturated rings. The van der Waals surface area contributed by atoms with Crippen LogP contribution in [0.3, 0.4) is 0 Å². The molecule has 0 aliphatic rings. The van der Waals surface area contributed by atoms with Crippen molar-refractivity contribution in [3.05, 3.63) is 40.7 Å². The Kier molecular flexibility index (Phi) is 4.55. The van der Waals surface area contributed by atoms with E-state index in [4.69, 9.17) is 5.53 Å². The van der Waals surface area contributed by atoms with Gasteiger partial charge in [-0.15, -0.1) is 0 Å². The number of halogens is 3. The number of Topliss-reactive ketones (excluding diaryl/α,β-unsaturated/α-hetero) is 1. The van der Waals surface area contributed by atoms with Crippen LogP contribution in [0.1, 0.15) is 17.3 Å². The van der Waals surface area contributed by atoms with Gasteiger partial charge in [0.2, 0.25) is 0 Å². The van der Waals surface area contributed by atoms with Crippen molar-refractivity contribution < 1.29 is 32.3 Å². The van der Waals surface area contributed by atoms with Crippen molar-refractivity contribution >= 4 is 17.5 Å². The zero-order chi connectivity index (χ0) is 14.6. The molecule has 0 N–H and O–H groups in total. The molecular weight excluding hydrogens is 265 g/mol. The van der Waals surface area contributed by atoms with E-state index in [-0.39, 0.29) is 18.7 Å². The van der Waals surface area contributed by atoms with Crippen molar-refractivity contribution in [2.45, 2.75) is 6.92 Å². The maximum Gasteiger partial charge on any atom is 0.446 e. The summed E-state index contributed by atoms with van der Waals surface area (Å²) in [5.41, 5.74) is 6.47. The first-order chi connectivity index (χ1) is 8.92. The Morgan fingerprint density at radius 2 is 1.79 bits per heavy atom. The predicted molar refractivity (Wildman–Crippen MR) is 55.9 cm³/mol. The molecule has 0 heterocycles. The van der Waals surface area contributed by atoms with Crippen LogP contribution in [0.25, 0.3) is 5.53 Å². The summed E-state index contributed by atoms with van der Waals surface area (Å²) < 4.78 is 43.3. The summed E-state index contributed by atoms with van der Waals surface area (Å²) in [6, 6.07) is 0.403. The van der Waals surface area contributed by atoms with E-state index < -0.39 is 40.5 Å². The highest BCUT2D eigenvalue weighted by molar-refractivity contribution is 6.65. The summed E-state index contributed by atoms with van der Waals surface area (Å²) in [4.78, 5) is 25.3. The van der Waals surface area contributed by atoms with Crippen LogP contribution in [0.4, 0.5) is 13.2 Å². The predicted octanol–water partition coefficient (Wildman–Crippen LogP) is 1.52. The highest BCUT2D eigenvalue weighted by Gasteiger charge is 2.34. The Hall–Kier alpha value is -2.47. The summed E-state index contributed by atoms with van der Waals surface area (Å²) in [6.07, 6.45) is 0. The molecule has 0 saturated carbocycles. The molecule has 0 saturated heterocycles. The van der Waals surface area contributed by atoms with Crippen molar-refractivity contribution in [2.75, 3.05) is 6.61 Å². The zero-order valence-electron chi connectivity index (χ0n) is 9.61. The van der Waals surface area contributed by atoms with E-state index in [1.165, 1.54) is 6.92 Å². The first-order valence-corrected chi connectivity index (χ1v) is 5.00. The molecule has 0 aromatic heterocycles. The second kappa shape index (κ2) is 5.92. The Balaban J connectivity index is 3.23. The van der Waals surface area contributed by atoms with E-state index >= 15 is 0 Å². The fraction of sp³-hybridized carbons (Fsp3) is 0.182. The van der Waals surface area contributed by atoms with Gasteiger partial charge in [0.15, 0.2) is 11.6 Å². The maximum atomic E-state index is 13.3. The lowest BCUT2D eigenvalue weighted by atomic mass is 10.1. The van der Waals surface area contributed by atoms with Crippen LogP contribution < -0.4 is 0 Å². The third-order valence-electron chi connectivity index (χ3n) is 2.04. The van der Waals surface area contributed by atoms with Gasteiger partial charge < -0.3 is 10.3 Å². The minimum Gasteiger partial charge on any atom is -0.457 e. The minimum absolute atomic E-state index is 0.120. The average molecular weight is 272 g/mol. The van der Waals surface area contributed by atoms with E-state index in [0.717, 1.165) is 0 Å². The molecule has 0 spiro atoms. The van der Waals surface area contributed by atoms with Crippen LogP contribution in [0, 0.1) is 17.5 Å². The van der Waals surface area contributed by atoms with Crippen molar-refractivity contribution in [3.63, 3.8) is 0 Å². The third-order valence-corrected chi connectivity index (χ3v) is 2.04. The number of carbonyl (C=O) groups is 2. The van der Waals surface area contributed by atoms with Crippen LogP contribution >= 0.6 is 0 Å². The molecule has 19 heavy (non-hydrogen) atoms. The zero-order valence-corrected chi connectivity index (χ0v) is 9.61. The highest BCUT2D eigenvalue weighted by Crippen LogP contribution is 2.14. The molecular formula is C11H7F3N2O3. The molecule has 0 unspecified atom stereocenters. The van der Waals surface area contributed by atoms with Crippen LogP contribution in [0.15, 0.2) is 12.1 Å². The fourth-order valence-corrected chi connectivity index (χ4v) is 1.20. The number of rotatable bonds is 4. The largest absolute Gasteiger partial charge is 0.457 e. The summed E-state index contributed by atoms with van der Waals surface area (Å²) in [5, 5.41) is 0. The molecule has 1 aromatic rings. The lowest BCUT2D eigenvalue weighted by molar-refractivity contribution is -0.139. The van der Waals surface area contributed by atoms with Crippen LogP contribution in [-0.4, -0.2) is 28.9 Å². The lowest BCUT2D eigenvalue weighted by Gasteiger charge is -2.01. The van der Waals surface area contributed by atoms with E-state index in [1.807, 2.05) is 0 Å². The molecule has 0 aliphatic carbocycles. The number of ketones is 1. The standard InChI is InChI=1S/C11H7F3N2O3/c1-2-19-11(18)9(16-15)10(17)5-3-7(13)8(14)4-6(5)12/h3-4H,2H2,1H3. The van der Waals surface area contributed by atoms with Gasteiger partial charge in [-0.3, -0.25) is 4.79 Å². The summed E-state index contributed by atoms with van der Waals surface area (Å²) in [5.74, 6) is -7.09. The van der Waals surface area contributed by atoms with E-state index in [1.54, 1.807) is 0 Å². The number of benzene rings is 1. The van der Waals surface area contributed by atoms with Gasteiger partial charge in [-0.05, 0) is 13.0 Å². The fourth-order valence-electron chi connectivity index (χ4n) is 1.20. The normalized spacial score (nSPS) is 9.68. The molecule has 0 bridgehead atoms. The smallest absolute Gasteiger partial charge is 0.446 e. The van der Waals surface area contributed by atoms with Crippen LogP contribution in [0.5, 0.6) is 0 Å². The molecule has 0 aliphatic heterocycles. The van der Waals surface area contributed by atoms with Gasteiger partial charge >= 0.3 is 11.7 Å². The number of carbonyl (C=O) groups excluding carboxylic acids is 2. The maximum absolute atomic E-state index is 13.3. The molecule has 1 rings (SSSR count). The van der Waals surface area contributed by atoms with Gasteiger partial charge in [-0.25, -0.2) is 18.0 Å². The average Bonchev–Trinajstić information content (AvgIpc) is 2.34. The summed E-state index contributed by atoms with van der Waals surface area (Å²) in [7, 11) is 0. The van der Waals surface area contributed by atoms with Crippen LogP contribution in [0.2, 0.25) is 0 Å². The van der Waals surface area contributed by atoms with Gasteiger partial charge in [0.05, 0.1) is 12.2 Å². The van der Waals surface area contributed by atoms with Crippen molar-refractivity contribution in [2.24, 2.45) is 0 Å². The number of nitrogens with zero attached hydrogens (tertiary/aromatic N) is 2. The second-order valence-electron chi connectivity index (χ2n) is 3.24. The van der Waals surface area contributed by atoms with Gasteiger partial charge in [0.1, 0.15) is 5.82 Å². The molecule has 8 heteroatoms. The Labute approximate surface area is 105 Å². The van der Waals surface area contributed by atoms with Gasteiger partial charge in [0.25, 0.3) is 5.78 Å². The Morgan fingerprint density at radius 3 is 2.32 bits per heavy atom.